The van der Waals surface area contributed by atoms with Crippen LogP contribution in [-0.2, 0) is 4.79 Å². The molecule has 0 fully saturated rings. The monoisotopic (exact) mass is 273 g/mol. The first-order chi connectivity index (χ1) is 9.25. The summed E-state index contributed by atoms with van der Waals surface area (Å²) < 4.78 is 2.03. The molecule has 3 aromatic rings. The second-order valence-corrected chi connectivity index (χ2v) is 5.10. The summed E-state index contributed by atoms with van der Waals surface area (Å²) in [7, 11) is 0. The van der Waals surface area contributed by atoms with E-state index in [1.54, 1.807) is 6.20 Å². The van der Waals surface area contributed by atoms with E-state index in [1.165, 1.54) is 11.8 Å². The summed E-state index contributed by atoms with van der Waals surface area (Å²) in [5, 5.41) is 9.50. The maximum Gasteiger partial charge on any atom is 0.304 e. The number of hydrogen-bond acceptors (Lipinski definition) is 4. The average Bonchev–Trinajstić information content (AvgIpc) is 2.88. The number of carboxylic acid groups (broad SMARTS) is 1. The molecular formula is C13H11N3O2S. The van der Waals surface area contributed by atoms with Crippen LogP contribution in [0.3, 0.4) is 0 Å². The van der Waals surface area contributed by atoms with Crippen molar-refractivity contribution >= 4 is 34.4 Å². The molecule has 0 aliphatic carbocycles. The summed E-state index contributed by atoms with van der Waals surface area (Å²) in [5.74, 6) is -0.292. The minimum absolute atomic E-state index is 0.124. The quantitative estimate of drug-likeness (QED) is 0.739. The molecule has 0 saturated carbocycles. The molecule has 0 spiro atoms. The van der Waals surface area contributed by atoms with Crippen LogP contribution in [0.1, 0.15) is 6.42 Å². The van der Waals surface area contributed by atoms with E-state index in [1.807, 2.05) is 34.9 Å². The number of nitrogens with zero attached hydrogens (tertiary/aromatic N) is 3. The summed E-state index contributed by atoms with van der Waals surface area (Å²) in [5.41, 5.74) is 2.60. The molecule has 1 N–H and O–H groups in total. The molecule has 96 valence electrons. The normalized spacial score (nSPS) is 11.2. The Balaban J connectivity index is 2.06. The molecule has 0 saturated heterocycles. The maximum absolute atomic E-state index is 10.6. The number of aliphatic carboxylic acids is 1. The van der Waals surface area contributed by atoms with Gasteiger partial charge in [-0.05, 0) is 24.3 Å². The van der Waals surface area contributed by atoms with E-state index in [9.17, 15) is 4.79 Å². The van der Waals surface area contributed by atoms with E-state index in [0.717, 1.165) is 16.1 Å². The number of thioether (sulfide) groups is 1. The van der Waals surface area contributed by atoms with Gasteiger partial charge in [-0.1, -0.05) is 0 Å². The number of carbonyl (C=O) groups is 1. The summed E-state index contributed by atoms with van der Waals surface area (Å²) in [6.45, 7) is 0. The van der Waals surface area contributed by atoms with Gasteiger partial charge in [-0.2, -0.15) is 0 Å². The molecular weight excluding hydrogens is 262 g/mol. The maximum atomic E-state index is 10.6. The Hall–Kier alpha value is -2.08. The molecule has 0 aliphatic rings. The van der Waals surface area contributed by atoms with Gasteiger partial charge in [0.1, 0.15) is 5.03 Å². The standard InChI is InChI=1S/C13H11N3O2S/c17-11(18)5-8-19-13-10-4-2-7-16(10)9-3-1-6-14-12(9)15-13/h1-4,6-7H,5,8H2,(H,17,18). The molecule has 5 nitrogen and oxygen atoms in total. The second-order valence-electron chi connectivity index (χ2n) is 4.02. The smallest absolute Gasteiger partial charge is 0.304 e. The lowest BCUT2D eigenvalue weighted by molar-refractivity contribution is -0.136. The molecule has 0 unspecified atom stereocenters. The minimum atomic E-state index is -0.794. The van der Waals surface area contributed by atoms with Crippen molar-refractivity contribution in [1.29, 1.82) is 0 Å². The van der Waals surface area contributed by atoms with Crippen molar-refractivity contribution in [2.45, 2.75) is 11.4 Å². The Morgan fingerprint density at radius 1 is 1.32 bits per heavy atom. The van der Waals surface area contributed by atoms with Crippen LogP contribution in [0.2, 0.25) is 0 Å². The number of aromatic nitrogens is 3. The molecule has 19 heavy (non-hydrogen) atoms. The number of pyridine rings is 1. The predicted octanol–water partition coefficient (Wildman–Crippen LogP) is 2.45. The van der Waals surface area contributed by atoms with Gasteiger partial charge in [0.05, 0.1) is 17.5 Å². The van der Waals surface area contributed by atoms with E-state index >= 15 is 0 Å². The Morgan fingerprint density at radius 3 is 3.00 bits per heavy atom. The molecule has 0 aromatic carbocycles. The van der Waals surface area contributed by atoms with Crippen molar-refractivity contribution in [2.75, 3.05) is 5.75 Å². The van der Waals surface area contributed by atoms with Gasteiger partial charge in [0.15, 0.2) is 5.65 Å². The third-order valence-corrected chi connectivity index (χ3v) is 3.74. The van der Waals surface area contributed by atoms with E-state index < -0.39 is 5.97 Å². The highest BCUT2D eigenvalue weighted by Crippen LogP contribution is 2.25. The minimum Gasteiger partial charge on any atom is -0.481 e. The Morgan fingerprint density at radius 2 is 2.16 bits per heavy atom. The largest absolute Gasteiger partial charge is 0.481 e. The van der Waals surface area contributed by atoms with Crippen molar-refractivity contribution in [3.8, 4) is 0 Å². The van der Waals surface area contributed by atoms with Gasteiger partial charge in [-0.25, -0.2) is 9.97 Å². The SMILES string of the molecule is O=C(O)CCSc1nc2ncccc2n2cccc12. The van der Waals surface area contributed by atoms with Crippen LogP contribution in [0.25, 0.3) is 16.7 Å². The number of fused-ring (bicyclic) bond motifs is 3. The van der Waals surface area contributed by atoms with Crippen molar-refractivity contribution in [1.82, 2.24) is 14.4 Å². The van der Waals surface area contributed by atoms with Crippen LogP contribution in [0.5, 0.6) is 0 Å². The summed E-state index contributed by atoms with van der Waals surface area (Å²) in [6.07, 6.45) is 3.79. The van der Waals surface area contributed by atoms with Crippen LogP contribution in [0, 0.1) is 0 Å². The molecule has 0 aliphatic heterocycles. The molecule has 3 heterocycles. The Labute approximate surface area is 113 Å². The first-order valence-electron chi connectivity index (χ1n) is 5.82. The predicted molar refractivity (Wildman–Crippen MR) is 73.5 cm³/mol. The van der Waals surface area contributed by atoms with Gasteiger partial charge in [-0.15, -0.1) is 11.8 Å². The van der Waals surface area contributed by atoms with Crippen LogP contribution in [-0.4, -0.2) is 31.2 Å². The lowest BCUT2D eigenvalue weighted by atomic mass is 10.4. The van der Waals surface area contributed by atoms with Crippen LogP contribution >= 0.6 is 11.8 Å². The highest BCUT2D eigenvalue weighted by Gasteiger charge is 2.09. The third kappa shape index (κ3) is 2.26. The Kier molecular flexibility index (Phi) is 3.08. The highest BCUT2D eigenvalue weighted by atomic mass is 32.2. The van der Waals surface area contributed by atoms with Crippen molar-refractivity contribution in [3.05, 3.63) is 36.7 Å². The van der Waals surface area contributed by atoms with E-state index in [-0.39, 0.29) is 6.42 Å². The average molecular weight is 273 g/mol. The lowest BCUT2D eigenvalue weighted by Crippen LogP contribution is -1.98. The van der Waals surface area contributed by atoms with Gasteiger partial charge < -0.3 is 9.51 Å². The number of rotatable bonds is 4. The molecule has 0 amide bonds. The molecule has 3 rings (SSSR count). The van der Waals surface area contributed by atoms with Crippen LogP contribution < -0.4 is 0 Å². The van der Waals surface area contributed by atoms with Gasteiger partial charge in [0.2, 0.25) is 0 Å². The molecule has 3 aromatic heterocycles. The third-order valence-electron chi connectivity index (χ3n) is 2.76. The van der Waals surface area contributed by atoms with E-state index in [0.29, 0.717) is 11.4 Å². The fraction of sp³-hybridized carbons (Fsp3) is 0.154. The zero-order valence-electron chi connectivity index (χ0n) is 9.98. The van der Waals surface area contributed by atoms with Crippen molar-refractivity contribution in [3.63, 3.8) is 0 Å². The molecule has 0 bridgehead atoms. The van der Waals surface area contributed by atoms with E-state index in [4.69, 9.17) is 5.11 Å². The summed E-state index contributed by atoms with van der Waals surface area (Å²) >= 11 is 1.44. The fourth-order valence-corrected chi connectivity index (χ4v) is 2.86. The van der Waals surface area contributed by atoms with Crippen molar-refractivity contribution in [2.24, 2.45) is 0 Å². The molecule has 0 radical (unpaired) electrons. The van der Waals surface area contributed by atoms with Gasteiger partial charge in [0.25, 0.3) is 0 Å². The second kappa shape index (κ2) is 4.89. The summed E-state index contributed by atoms with van der Waals surface area (Å²) in [6, 6.07) is 7.77. The van der Waals surface area contributed by atoms with Crippen LogP contribution in [0.4, 0.5) is 0 Å². The number of carboxylic acids is 1. The molecule has 6 heteroatoms. The van der Waals surface area contributed by atoms with Gasteiger partial charge >= 0.3 is 5.97 Å². The topological polar surface area (TPSA) is 67.5 Å². The first-order valence-corrected chi connectivity index (χ1v) is 6.80. The van der Waals surface area contributed by atoms with Crippen LogP contribution in [0.15, 0.2) is 41.7 Å². The summed E-state index contributed by atoms with van der Waals surface area (Å²) in [4.78, 5) is 19.3. The zero-order valence-corrected chi connectivity index (χ0v) is 10.8. The number of hydrogen-bond donors (Lipinski definition) is 1. The van der Waals surface area contributed by atoms with Crippen molar-refractivity contribution < 1.29 is 9.90 Å². The fourth-order valence-electron chi connectivity index (χ4n) is 1.92. The highest BCUT2D eigenvalue weighted by molar-refractivity contribution is 7.99. The first kappa shape index (κ1) is 12.0. The van der Waals surface area contributed by atoms with Gasteiger partial charge in [-0.3, -0.25) is 4.79 Å². The lowest BCUT2D eigenvalue weighted by Gasteiger charge is -2.06. The Bertz CT molecular complexity index is 754. The van der Waals surface area contributed by atoms with Gasteiger partial charge in [0, 0.05) is 18.1 Å². The van der Waals surface area contributed by atoms with E-state index in [2.05, 4.69) is 9.97 Å². The zero-order chi connectivity index (χ0) is 13.2. The molecule has 0 atom stereocenters.